The molecule has 1 fully saturated rings. The molecule has 4 rings (SSSR count). The van der Waals surface area contributed by atoms with Crippen LogP contribution in [0.4, 0.5) is 23.1 Å². The molecule has 0 atom stereocenters. The lowest BCUT2D eigenvalue weighted by Gasteiger charge is -2.14. The minimum atomic E-state index is 0.0943. The number of nitrogens with zero attached hydrogens (tertiary/aromatic N) is 3. The number of hydrogen-bond donors (Lipinski definition) is 4. The van der Waals surface area contributed by atoms with Gasteiger partial charge in [0, 0.05) is 35.3 Å². The van der Waals surface area contributed by atoms with Crippen molar-refractivity contribution in [3.63, 3.8) is 0 Å². The van der Waals surface area contributed by atoms with E-state index < -0.39 is 0 Å². The molecule has 0 radical (unpaired) electrons. The van der Waals surface area contributed by atoms with Crippen molar-refractivity contribution in [2.24, 2.45) is 5.92 Å². The van der Waals surface area contributed by atoms with Gasteiger partial charge in [-0.1, -0.05) is 0 Å². The van der Waals surface area contributed by atoms with E-state index in [1.165, 1.54) is 11.8 Å². The molecule has 0 spiro atoms. The first kappa shape index (κ1) is 20.0. The Bertz CT molecular complexity index is 1050. The molecule has 0 unspecified atom stereocenters. The minimum Gasteiger partial charge on any atom is -0.490 e. The Balaban J connectivity index is 1.54. The first-order valence-corrected chi connectivity index (χ1v) is 10.4. The van der Waals surface area contributed by atoms with Crippen LogP contribution in [0.15, 0.2) is 40.4 Å². The van der Waals surface area contributed by atoms with Gasteiger partial charge in [0.25, 0.3) is 0 Å². The van der Waals surface area contributed by atoms with E-state index >= 15 is 0 Å². The van der Waals surface area contributed by atoms with E-state index in [2.05, 4.69) is 36.1 Å². The zero-order valence-corrected chi connectivity index (χ0v) is 17.8. The first-order valence-electron chi connectivity index (χ1n) is 9.57. The molecule has 9 nitrogen and oxygen atoms in total. The molecule has 0 saturated heterocycles. The number of nitrogens with one attached hydrogen (secondary N) is 4. The Kier molecular flexibility index (Phi) is 5.75. The van der Waals surface area contributed by atoms with Gasteiger partial charge in [0.1, 0.15) is 0 Å². The maximum atomic E-state index is 11.9. The lowest BCUT2D eigenvalue weighted by Crippen LogP contribution is -2.12. The summed E-state index contributed by atoms with van der Waals surface area (Å²) in [6.45, 7) is 1.92. The summed E-state index contributed by atoms with van der Waals surface area (Å²) in [6.07, 6.45) is 1.97. The summed E-state index contributed by atoms with van der Waals surface area (Å²) in [4.78, 5) is 22.0. The highest BCUT2D eigenvalue weighted by atomic mass is 32.2. The summed E-state index contributed by atoms with van der Waals surface area (Å²) in [6, 6.07) is 9.52. The fraction of sp³-hybridized carbons (Fsp3) is 0.300. The van der Waals surface area contributed by atoms with Crippen LogP contribution in [0.2, 0.25) is 0 Å². The second-order valence-corrected chi connectivity index (χ2v) is 7.98. The number of anilines is 4. The molecule has 2 heterocycles. The summed E-state index contributed by atoms with van der Waals surface area (Å²) in [5.41, 5.74) is 1.72. The average molecular weight is 426 g/mol. The Labute approximate surface area is 178 Å². The van der Waals surface area contributed by atoms with Crippen molar-refractivity contribution in [1.82, 2.24) is 20.2 Å². The fourth-order valence-electron chi connectivity index (χ4n) is 2.83. The summed E-state index contributed by atoms with van der Waals surface area (Å²) in [5.74, 6) is 2.49. The van der Waals surface area contributed by atoms with E-state index in [0.29, 0.717) is 28.4 Å². The van der Waals surface area contributed by atoms with E-state index in [1.807, 2.05) is 37.3 Å². The minimum absolute atomic E-state index is 0.0943. The van der Waals surface area contributed by atoms with E-state index in [0.717, 1.165) is 29.1 Å². The number of carbonyl (C=O) groups excluding carboxylic acids is 1. The number of benzene rings is 1. The van der Waals surface area contributed by atoms with Gasteiger partial charge in [-0.15, -0.1) is 0 Å². The Hall–Kier alpha value is -3.27. The van der Waals surface area contributed by atoms with Crippen molar-refractivity contribution in [2.45, 2.75) is 29.8 Å². The van der Waals surface area contributed by atoms with E-state index in [-0.39, 0.29) is 11.8 Å². The predicted molar refractivity (Wildman–Crippen MR) is 117 cm³/mol. The number of H-pyrrole nitrogens is 1. The molecule has 30 heavy (non-hydrogen) atoms. The van der Waals surface area contributed by atoms with Gasteiger partial charge in [-0.25, -0.2) is 9.97 Å². The van der Waals surface area contributed by atoms with E-state index in [1.54, 1.807) is 14.2 Å². The molecule has 1 aliphatic rings. The normalized spacial score (nSPS) is 13.0. The van der Waals surface area contributed by atoms with Crippen molar-refractivity contribution in [3.8, 4) is 5.75 Å². The van der Waals surface area contributed by atoms with Crippen molar-refractivity contribution >= 4 is 40.8 Å². The molecule has 0 aliphatic heterocycles. The maximum Gasteiger partial charge on any atom is 0.227 e. The molecule has 1 saturated carbocycles. The molecule has 2 aromatic heterocycles. The number of ether oxygens (including phenoxy) is 1. The van der Waals surface area contributed by atoms with Crippen LogP contribution < -0.4 is 20.7 Å². The van der Waals surface area contributed by atoms with Crippen LogP contribution in [0.3, 0.4) is 0 Å². The van der Waals surface area contributed by atoms with Crippen LogP contribution >= 0.6 is 11.8 Å². The van der Waals surface area contributed by atoms with Gasteiger partial charge in [-0.2, -0.15) is 5.10 Å². The predicted octanol–water partition coefficient (Wildman–Crippen LogP) is 3.80. The standard InChI is InChI=1S/C20H23N7O2S/c1-11-10-15(27-26-11)23-18-16(29-3)17(21-2)24-20(25-18)30-14-8-6-13(7-9-14)22-19(28)12-4-5-12/h6-10,12H,4-5H2,1-3H3,(H,22,28)(H3,21,23,24,25,26,27). The molecule has 0 bridgehead atoms. The number of aryl methyl sites for hydroxylation is 1. The number of methoxy groups -OCH3 is 1. The zero-order chi connectivity index (χ0) is 21.1. The number of hydrogen-bond acceptors (Lipinski definition) is 8. The third-order valence-corrected chi connectivity index (χ3v) is 5.39. The Morgan fingerprint density at radius 1 is 1.20 bits per heavy atom. The molecular formula is C20H23N7O2S. The topological polar surface area (TPSA) is 117 Å². The molecule has 3 aromatic rings. The van der Waals surface area contributed by atoms with Gasteiger partial charge in [-0.3, -0.25) is 9.89 Å². The van der Waals surface area contributed by atoms with Gasteiger partial charge < -0.3 is 20.7 Å². The Morgan fingerprint density at radius 3 is 2.53 bits per heavy atom. The highest BCUT2D eigenvalue weighted by Gasteiger charge is 2.29. The van der Waals surface area contributed by atoms with Gasteiger partial charge >= 0.3 is 0 Å². The number of rotatable bonds is 8. The van der Waals surface area contributed by atoms with Crippen molar-refractivity contribution in [1.29, 1.82) is 0 Å². The van der Waals surface area contributed by atoms with Gasteiger partial charge in [0.05, 0.1) is 7.11 Å². The van der Waals surface area contributed by atoms with Crippen LogP contribution in [0.25, 0.3) is 0 Å². The van der Waals surface area contributed by atoms with Crippen LogP contribution in [-0.4, -0.2) is 40.2 Å². The number of amides is 1. The van der Waals surface area contributed by atoms with Gasteiger partial charge in [0.15, 0.2) is 22.6 Å². The average Bonchev–Trinajstić information content (AvgIpc) is 3.52. The van der Waals surface area contributed by atoms with Crippen LogP contribution in [0.1, 0.15) is 18.5 Å². The molecule has 156 valence electrons. The van der Waals surface area contributed by atoms with Crippen LogP contribution in [-0.2, 0) is 4.79 Å². The van der Waals surface area contributed by atoms with Crippen LogP contribution in [0, 0.1) is 12.8 Å². The first-order chi connectivity index (χ1) is 14.6. The van der Waals surface area contributed by atoms with E-state index in [9.17, 15) is 4.79 Å². The maximum absolute atomic E-state index is 11.9. The third-order valence-electron chi connectivity index (χ3n) is 4.52. The summed E-state index contributed by atoms with van der Waals surface area (Å²) >= 11 is 1.41. The molecule has 4 N–H and O–H groups in total. The van der Waals surface area contributed by atoms with Gasteiger partial charge in [-0.05, 0) is 55.8 Å². The molecule has 1 aromatic carbocycles. The Morgan fingerprint density at radius 2 is 1.93 bits per heavy atom. The molecule has 1 aliphatic carbocycles. The molecular weight excluding hydrogens is 402 g/mol. The van der Waals surface area contributed by atoms with Crippen molar-refractivity contribution in [2.75, 3.05) is 30.1 Å². The van der Waals surface area contributed by atoms with Gasteiger partial charge in [0.2, 0.25) is 11.7 Å². The fourth-order valence-corrected chi connectivity index (χ4v) is 3.58. The second-order valence-electron chi connectivity index (χ2n) is 6.94. The summed E-state index contributed by atoms with van der Waals surface area (Å²) < 4.78 is 5.49. The molecule has 10 heteroatoms. The number of aromatic amines is 1. The zero-order valence-electron chi connectivity index (χ0n) is 16.9. The van der Waals surface area contributed by atoms with Crippen molar-refractivity contribution in [3.05, 3.63) is 36.0 Å². The largest absolute Gasteiger partial charge is 0.490 e. The smallest absolute Gasteiger partial charge is 0.227 e. The van der Waals surface area contributed by atoms with E-state index in [4.69, 9.17) is 4.74 Å². The third kappa shape index (κ3) is 4.65. The van der Waals surface area contributed by atoms with Crippen molar-refractivity contribution < 1.29 is 9.53 Å². The lowest BCUT2D eigenvalue weighted by atomic mass is 10.3. The lowest BCUT2D eigenvalue weighted by molar-refractivity contribution is -0.117. The number of aromatic nitrogens is 4. The molecule has 1 amide bonds. The summed E-state index contributed by atoms with van der Waals surface area (Å²) in [5, 5.41) is 16.8. The quantitative estimate of drug-likeness (QED) is 0.403. The monoisotopic (exact) mass is 425 g/mol. The highest BCUT2D eigenvalue weighted by molar-refractivity contribution is 7.99. The summed E-state index contributed by atoms with van der Waals surface area (Å²) in [7, 11) is 3.35. The second kappa shape index (κ2) is 8.62. The van der Waals surface area contributed by atoms with Crippen LogP contribution in [0.5, 0.6) is 5.75 Å². The number of carbonyl (C=O) groups is 1. The highest BCUT2D eigenvalue weighted by Crippen LogP contribution is 2.36. The SMILES string of the molecule is CNc1nc(Sc2ccc(NC(=O)C3CC3)cc2)nc(Nc2cc(C)[nH]n2)c1OC.